The second-order valence-electron chi connectivity index (χ2n) is 4.84. The van der Waals surface area contributed by atoms with E-state index in [2.05, 4.69) is 15.6 Å². The number of hydrogen-bond donors (Lipinski definition) is 2. The summed E-state index contributed by atoms with van der Waals surface area (Å²) in [5.74, 6) is 3.04. The van der Waals surface area contributed by atoms with Gasteiger partial charge in [-0.1, -0.05) is 0 Å². The van der Waals surface area contributed by atoms with Crippen molar-refractivity contribution in [2.24, 2.45) is 4.99 Å². The number of nitrogens with zero attached hydrogens (tertiary/aromatic N) is 1. The maximum Gasteiger partial charge on any atom is 0.195 e. The number of rotatable bonds is 3. The number of anilines is 1. The highest BCUT2D eigenvalue weighted by atomic mass is 16.5. The van der Waals surface area contributed by atoms with Crippen molar-refractivity contribution >= 4 is 11.6 Å². The molecule has 3 rings (SSSR count). The maximum absolute atomic E-state index is 5.68. The van der Waals surface area contributed by atoms with E-state index in [9.17, 15) is 0 Å². The van der Waals surface area contributed by atoms with Crippen molar-refractivity contribution in [3.63, 3.8) is 0 Å². The number of nitrogens with one attached hydrogen (secondary N) is 2. The first-order valence-electron chi connectivity index (χ1n) is 7.25. The molecule has 22 heavy (non-hydrogen) atoms. The molecule has 2 heterocycles. The average molecular weight is 301 g/mol. The third-order valence-corrected chi connectivity index (χ3v) is 3.24. The van der Waals surface area contributed by atoms with Crippen molar-refractivity contribution in [1.82, 2.24) is 5.32 Å². The molecule has 116 valence electrons. The highest BCUT2D eigenvalue weighted by Crippen LogP contribution is 2.32. The molecule has 1 aromatic heterocycles. The Kier molecular flexibility index (Phi) is 4.48. The van der Waals surface area contributed by atoms with Crippen LogP contribution in [-0.4, -0.2) is 26.2 Å². The standard InChI is InChI=1S/C16H19N3O3/c1-17-16(18-11-13-4-2-7-20-13)19-12-5-6-14-15(10-12)22-9-3-8-21-14/h2,4-7,10H,3,8-9,11H2,1H3,(H2,17,18,19). The van der Waals surface area contributed by atoms with E-state index in [1.807, 2.05) is 30.3 Å². The van der Waals surface area contributed by atoms with Gasteiger partial charge in [0.1, 0.15) is 5.76 Å². The number of furan rings is 1. The van der Waals surface area contributed by atoms with Gasteiger partial charge in [-0.3, -0.25) is 4.99 Å². The predicted molar refractivity (Wildman–Crippen MR) is 84.6 cm³/mol. The van der Waals surface area contributed by atoms with Gasteiger partial charge in [-0.05, 0) is 24.3 Å². The summed E-state index contributed by atoms with van der Waals surface area (Å²) >= 11 is 0. The van der Waals surface area contributed by atoms with Gasteiger partial charge in [0.2, 0.25) is 0 Å². The van der Waals surface area contributed by atoms with E-state index in [0.29, 0.717) is 25.7 Å². The van der Waals surface area contributed by atoms with E-state index in [4.69, 9.17) is 13.9 Å². The summed E-state index contributed by atoms with van der Waals surface area (Å²) < 4.78 is 16.6. The van der Waals surface area contributed by atoms with Crippen LogP contribution in [0.2, 0.25) is 0 Å². The molecule has 0 fully saturated rings. The number of benzene rings is 1. The van der Waals surface area contributed by atoms with Gasteiger partial charge in [0.15, 0.2) is 17.5 Å². The monoisotopic (exact) mass is 301 g/mol. The summed E-state index contributed by atoms with van der Waals surface area (Å²) in [5, 5.41) is 6.41. The van der Waals surface area contributed by atoms with E-state index < -0.39 is 0 Å². The third-order valence-electron chi connectivity index (χ3n) is 3.24. The Morgan fingerprint density at radius 1 is 1.18 bits per heavy atom. The Morgan fingerprint density at radius 2 is 2.05 bits per heavy atom. The molecule has 0 spiro atoms. The Balaban J connectivity index is 1.64. The van der Waals surface area contributed by atoms with E-state index in [1.165, 1.54) is 0 Å². The molecule has 0 saturated carbocycles. The number of ether oxygens (including phenoxy) is 2. The van der Waals surface area contributed by atoms with Crippen LogP contribution in [0.25, 0.3) is 0 Å². The molecule has 2 aromatic rings. The zero-order valence-corrected chi connectivity index (χ0v) is 12.5. The predicted octanol–water partition coefficient (Wildman–Crippen LogP) is 2.63. The van der Waals surface area contributed by atoms with Crippen molar-refractivity contribution in [3.8, 4) is 11.5 Å². The second kappa shape index (κ2) is 6.89. The van der Waals surface area contributed by atoms with Gasteiger partial charge in [-0.15, -0.1) is 0 Å². The highest BCUT2D eigenvalue weighted by molar-refractivity contribution is 5.93. The SMILES string of the molecule is CN=C(NCc1ccco1)Nc1ccc2c(c1)OCCCO2. The number of hydrogen-bond acceptors (Lipinski definition) is 4. The van der Waals surface area contributed by atoms with Gasteiger partial charge in [-0.25, -0.2) is 0 Å². The molecule has 6 heteroatoms. The molecule has 0 unspecified atom stereocenters. The topological polar surface area (TPSA) is 68.0 Å². The normalized spacial score (nSPS) is 14.3. The Hall–Kier alpha value is -2.63. The van der Waals surface area contributed by atoms with Crippen LogP contribution in [0.15, 0.2) is 46.0 Å². The van der Waals surface area contributed by atoms with E-state index in [1.54, 1.807) is 13.3 Å². The lowest BCUT2D eigenvalue weighted by Gasteiger charge is -2.13. The smallest absolute Gasteiger partial charge is 0.195 e. The van der Waals surface area contributed by atoms with Gasteiger partial charge in [0.05, 0.1) is 26.0 Å². The van der Waals surface area contributed by atoms with E-state index in [-0.39, 0.29) is 0 Å². The molecule has 0 amide bonds. The molecular weight excluding hydrogens is 282 g/mol. The summed E-state index contributed by atoms with van der Waals surface area (Å²) in [4.78, 5) is 4.19. The van der Waals surface area contributed by atoms with Crippen LogP contribution >= 0.6 is 0 Å². The molecule has 1 aliphatic heterocycles. The minimum absolute atomic E-state index is 0.567. The quantitative estimate of drug-likeness (QED) is 0.674. The molecular formula is C16H19N3O3. The summed E-state index contributed by atoms with van der Waals surface area (Å²) in [6.45, 7) is 1.92. The summed E-state index contributed by atoms with van der Waals surface area (Å²) in [6, 6.07) is 9.53. The molecule has 0 saturated heterocycles. The lowest BCUT2D eigenvalue weighted by Crippen LogP contribution is -2.30. The number of fused-ring (bicyclic) bond motifs is 1. The number of aliphatic imine (C=N–C) groups is 1. The van der Waals surface area contributed by atoms with Gasteiger partial charge < -0.3 is 24.5 Å². The highest BCUT2D eigenvalue weighted by Gasteiger charge is 2.11. The average Bonchev–Trinajstić information content (AvgIpc) is 2.95. The molecule has 1 aliphatic rings. The van der Waals surface area contributed by atoms with Gasteiger partial charge in [0.25, 0.3) is 0 Å². The summed E-state index contributed by atoms with van der Waals surface area (Å²) in [6.07, 6.45) is 2.54. The fourth-order valence-corrected chi connectivity index (χ4v) is 2.14. The van der Waals surface area contributed by atoms with Crippen molar-refractivity contribution in [3.05, 3.63) is 42.4 Å². The van der Waals surface area contributed by atoms with E-state index >= 15 is 0 Å². The maximum atomic E-state index is 5.68. The van der Waals surface area contributed by atoms with Crippen molar-refractivity contribution < 1.29 is 13.9 Å². The van der Waals surface area contributed by atoms with Crippen LogP contribution in [0.1, 0.15) is 12.2 Å². The molecule has 0 atom stereocenters. The minimum atomic E-state index is 0.567. The van der Waals surface area contributed by atoms with Crippen LogP contribution < -0.4 is 20.1 Å². The molecule has 1 aromatic carbocycles. The van der Waals surface area contributed by atoms with Gasteiger partial charge in [-0.2, -0.15) is 0 Å². The van der Waals surface area contributed by atoms with Gasteiger partial charge in [0, 0.05) is 25.2 Å². The summed E-state index contributed by atoms with van der Waals surface area (Å²) in [5.41, 5.74) is 0.886. The van der Waals surface area contributed by atoms with Crippen LogP contribution in [0, 0.1) is 0 Å². The Morgan fingerprint density at radius 3 is 2.82 bits per heavy atom. The van der Waals surface area contributed by atoms with Crippen LogP contribution in [0.3, 0.4) is 0 Å². The van der Waals surface area contributed by atoms with Gasteiger partial charge >= 0.3 is 0 Å². The lowest BCUT2D eigenvalue weighted by atomic mass is 10.3. The second-order valence-corrected chi connectivity index (χ2v) is 4.84. The van der Waals surface area contributed by atoms with Crippen molar-refractivity contribution in [1.29, 1.82) is 0 Å². The number of guanidine groups is 1. The zero-order valence-electron chi connectivity index (χ0n) is 12.5. The molecule has 6 nitrogen and oxygen atoms in total. The first-order valence-corrected chi connectivity index (χ1v) is 7.25. The van der Waals surface area contributed by atoms with Crippen molar-refractivity contribution in [2.45, 2.75) is 13.0 Å². The van der Waals surface area contributed by atoms with Crippen molar-refractivity contribution in [2.75, 3.05) is 25.6 Å². The molecule has 2 N–H and O–H groups in total. The molecule has 0 bridgehead atoms. The summed E-state index contributed by atoms with van der Waals surface area (Å²) in [7, 11) is 1.72. The zero-order chi connectivity index (χ0) is 15.2. The van der Waals surface area contributed by atoms with Crippen LogP contribution in [0.4, 0.5) is 5.69 Å². The minimum Gasteiger partial charge on any atom is -0.490 e. The van der Waals surface area contributed by atoms with Crippen LogP contribution in [-0.2, 0) is 6.54 Å². The molecule has 0 aliphatic carbocycles. The lowest BCUT2D eigenvalue weighted by molar-refractivity contribution is 0.297. The third kappa shape index (κ3) is 3.52. The first-order chi connectivity index (χ1) is 10.8. The van der Waals surface area contributed by atoms with Crippen LogP contribution in [0.5, 0.6) is 11.5 Å². The fourth-order valence-electron chi connectivity index (χ4n) is 2.14. The Bertz CT molecular complexity index is 638. The first kappa shape index (κ1) is 14.3. The van der Waals surface area contributed by atoms with E-state index in [0.717, 1.165) is 29.4 Å². The Labute approximate surface area is 129 Å². The fraction of sp³-hybridized carbons (Fsp3) is 0.312. The largest absolute Gasteiger partial charge is 0.490 e. The molecule has 0 radical (unpaired) electrons.